The average Bonchev–Trinajstić information content (AvgIpc) is 3.18. The summed E-state index contributed by atoms with van der Waals surface area (Å²) in [7, 11) is 0. The zero-order chi connectivity index (χ0) is 40.3. The molecule has 0 aliphatic heterocycles. The first-order valence-electron chi connectivity index (χ1n) is 17.0. The lowest BCUT2D eigenvalue weighted by molar-refractivity contribution is 0.322. The van der Waals surface area contributed by atoms with E-state index in [0.29, 0.717) is 45.9 Å². The van der Waals surface area contributed by atoms with E-state index in [-0.39, 0.29) is 80.1 Å². The average molecular weight is 757 g/mol. The first kappa shape index (κ1) is 37.9. The van der Waals surface area contributed by atoms with Gasteiger partial charge in [0.2, 0.25) is 0 Å². The number of para-hydroxylation sites is 1. The number of hydrogen-bond acceptors (Lipinski definition) is 12. The largest absolute Gasteiger partial charge is 0.504 e. The quantitative estimate of drug-likeness (QED) is 0.0755. The van der Waals surface area contributed by atoms with E-state index in [9.17, 15) is 51.1 Å². The molecule has 0 atom stereocenters. The minimum absolute atomic E-state index is 0.191. The minimum atomic E-state index is -0.334. The Morgan fingerprint density at radius 2 is 0.857 bits per heavy atom. The smallest absolute Gasteiger partial charge is 0.166 e. The highest BCUT2D eigenvalue weighted by Gasteiger charge is 2.22. The molecule has 0 amide bonds. The number of rotatable bonds is 3. The maximum absolute atomic E-state index is 10.5. The molecule has 284 valence electrons. The Bertz CT molecular complexity index is 2540. The number of aliphatic hydroxyl groups is 2. The highest BCUT2D eigenvalue weighted by molar-refractivity contribution is 6.11. The zero-order valence-electron chi connectivity index (χ0n) is 29.3. The van der Waals surface area contributed by atoms with Gasteiger partial charge in [-0.2, -0.15) is 0 Å². The summed E-state index contributed by atoms with van der Waals surface area (Å²) in [5.41, 5.74) is 2.62. The molecule has 0 heterocycles. The van der Waals surface area contributed by atoms with Crippen LogP contribution in [0.5, 0.6) is 57.5 Å². The van der Waals surface area contributed by atoms with Crippen LogP contribution in [0.25, 0.3) is 49.4 Å². The van der Waals surface area contributed by atoms with Crippen LogP contribution in [0.15, 0.2) is 133 Å². The van der Waals surface area contributed by atoms with Gasteiger partial charge in [-0.1, -0.05) is 72.8 Å². The lowest BCUT2D eigenvalue weighted by Crippen LogP contribution is -2.00. The van der Waals surface area contributed by atoms with Crippen LogP contribution in [-0.2, 0) is 0 Å². The second-order valence-electron chi connectivity index (χ2n) is 12.7. The van der Waals surface area contributed by atoms with Gasteiger partial charge in [0.05, 0.1) is 0 Å². The van der Waals surface area contributed by atoms with Crippen molar-refractivity contribution in [1.29, 1.82) is 0 Å². The molecular weight excluding hydrogens is 720 g/mol. The molecule has 0 spiro atoms. The van der Waals surface area contributed by atoms with Crippen LogP contribution in [0.4, 0.5) is 0 Å². The highest BCUT2D eigenvalue weighted by Crippen LogP contribution is 2.50. The van der Waals surface area contributed by atoms with E-state index in [1.807, 2.05) is 24.3 Å². The molecular formula is C44H36O12. The monoisotopic (exact) mass is 756 g/mol. The number of allylic oxidation sites excluding steroid dienone is 2. The van der Waals surface area contributed by atoms with Crippen molar-refractivity contribution < 1.29 is 61.3 Å². The predicted octanol–water partition coefficient (Wildman–Crippen LogP) is 9.26. The van der Waals surface area contributed by atoms with Gasteiger partial charge in [0.1, 0.15) is 0 Å². The van der Waals surface area contributed by atoms with E-state index in [4.69, 9.17) is 10.2 Å². The molecule has 8 rings (SSSR count). The molecule has 0 unspecified atom stereocenters. The summed E-state index contributed by atoms with van der Waals surface area (Å²) in [4.78, 5) is 0. The molecule has 0 saturated carbocycles. The van der Waals surface area contributed by atoms with Gasteiger partial charge < -0.3 is 61.3 Å². The van der Waals surface area contributed by atoms with Gasteiger partial charge in [-0.25, -0.2) is 0 Å². The molecule has 7 aromatic carbocycles. The Morgan fingerprint density at radius 1 is 0.375 bits per heavy atom. The third-order valence-corrected chi connectivity index (χ3v) is 9.14. The van der Waals surface area contributed by atoms with Crippen LogP contribution in [0, 0.1) is 0 Å². The van der Waals surface area contributed by atoms with Crippen molar-refractivity contribution in [3.63, 3.8) is 0 Å². The zero-order valence-corrected chi connectivity index (χ0v) is 29.3. The molecule has 0 saturated heterocycles. The maximum Gasteiger partial charge on any atom is 0.166 e. The second kappa shape index (κ2) is 15.6. The summed E-state index contributed by atoms with van der Waals surface area (Å²) in [6.07, 6.45) is 2.60. The molecule has 0 fully saturated rings. The highest BCUT2D eigenvalue weighted by atomic mass is 16.3. The Labute approximate surface area is 318 Å². The fourth-order valence-electron chi connectivity index (χ4n) is 6.32. The molecule has 7 aromatic rings. The topological polar surface area (TPSA) is 243 Å². The number of hydrogen-bond donors (Lipinski definition) is 12. The first-order chi connectivity index (χ1) is 26.8. The molecule has 56 heavy (non-hydrogen) atoms. The van der Waals surface area contributed by atoms with Crippen LogP contribution in [0.1, 0.15) is 18.4 Å². The standard InChI is InChI=1S/C20H14O4.C12H10O4.C12H12O4/c21-15-9-11-5-1-3-7-13(11)17(19(15)23)18-14-8-4-2-6-12(14)10-16(22)20(18)24;13-9-3-1-7(5-11(9)15)8-2-4-10(14)12(16)6-8;13-9-5-1-3-7(11(9)15)8-4-2-6-10(14)12(8)16/h1-10,21-24H;1-6,13-16H;1,3,5-6,13-16H,2,4H2. The summed E-state index contributed by atoms with van der Waals surface area (Å²) < 4.78 is 0. The molecule has 0 bridgehead atoms. The van der Waals surface area contributed by atoms with E-state index in [1.54, 1.807) is 48.5 Å². The van der Waals surface area contributed by atoms with Gasteiger partial charge >= 0.3 is 0 Å². The fraction of sp³-hybridized carbons (Fsp3) is 0.0455. The summed E-state index contributed by atoms with van der Waals surface area (Å²) >= 11 is 0. The van der Waals surface area contributed by atoms with Gasteiger partial charge in [0.25, 0.3) is 0 Å². The lowest BCUT2D eigenvalue weighted by Gasteiger charge is -2.15. The normalized spacial score (nSPS) is 12.3. The number of benzene rings is 7. The minimum Gasteiger partial charge on any atom is -0.504 e. The molecule has 1 aliphatic rings. The molecule has 12 heteroatoms. The molecule has 1 aliphatic carbocycles. The van der Waals surface area contributed by atoms with Gasteiger partial charge in [0, 0.05) is 22.3 Å². The first-order valence-corrected chi connectivity index (χ1v) is 17.0. The Morgan fingerprint density at radius 3 is 1.34 bits per heavy atom. The second-order valence-corrected chi connectivity index (χ2v) is 12.7. The van der Waals surface area contributed by atoms with Crippen molar-refractivity contribution in [2.45, 2.75) is 12.8 Å². The van der Waals surface area contributed by atoms with Crippen molar-refractivity contribution in [3.8, 4) is 79.7 Å². The van der Waals surface area contributed by atoms with Gasteiger partial charge in [-0.3, -0.25) is 0 Å². The van der Waals surface area contributed by atoms with E-state index in [0.717, 1.165) is 10.8 Å². The van der Waals surface area contributed by atoms with Crippen LogP contribution in [0.3, 0.4) is 0 Å². The third kappa shape index (κ3) is 7.48. The van der Waals surface area contributed by atoms with Crippen molar-refractivity contribution in [1.82, 2.24) is 0 Å². The number of aliphatic hydroxyl groups excluding tert-OH is 2. The number of phenols is 10. The fourth-order valence-corrected chi connectivity index (χ4v) is 6.32. The number of aromatic hydroxyl groups is 10. The molecule has 12 N–H and O–H groups in total. The van der Waals surface area contributed by atoms with E-state index >= 15 is 0 Å². The SMILES string of the molecule is OC1=CCCC(c2cccc(O)c2O)=C1O.Oc1cc2ccccc2c(-c2c(O)c(O)cc3ccccc23)c1O.Oc1ccc(-c2ccc(O)c(O)c2)cc1O. The van der Waals surface area contributed by atoms with Gasteiger partial charge in [-0.15, -0.1) is 0 Å². The maximum atomic E-state index is 10.5. The van der Waals surface area contributed by atoms with Crippen molar-refractivity contribution in [2.24, 2.45) is 0 Å². The molecule has 0 radical (unpaired) electrons. The molecule has 12 nitrogen and oxygen atoms in total. The van der Waals surface area contributed by atoms with Crippen LogP contribution >= 0.6 is 0 Å². The Balaban J connectivity index is 0.000000148. The lowest BCUT2D eigenvalue weighted by atomic mass is 9.91. The summed E-state index contributed by atoms with van der Waals surface area (Å²) in [6.45, 7) is 0. The summed E-state index contributed by atoms with van der Waals surface area (Å²) in [5, 5.41) is 119. The van der Waals surface area contributed by atoms with E-state index < -0.39 is 0 Å². The third-order valence-electron chi connectivity index (χ3n) is 9.14. The molecule has 0 aromatic heterocycles. The van der Waals surface area contributed by atoms with Crippen molar-refractivity contribution >= 4 is 27.1 Å². The summed E-state index contributed by atoms with van der Waals surface area (Å²) in [5.74, 6) is -3.05. The van der Waals surface area contributed by atoms with Gasteiger partial charge in [0.15, 0.2) is 69.0 Å². The Kier molecular flexibility index (Phi) is 10.6. The van der Waals surface area contributed by atoms with Crippen LogP contribution in [-0.4, -0.2) is 61.3 Å². The van der Waals surface area contributed by atoms with E-state index in [1.165, 1.54) is 48.5 Å². The van der Waals surface area contributed by atoms with Crippen molar-refractivity contribution in [3.05, 3.63) is 138 Å². The summed E-state index contributed by atoms with van der Waals surface area (Å²) in [6, 6.07) is 30.6. The van der Waals surface area contributed by atoms with Gasteiger partial charge in [-0.05, 0) is 94.1 Å². The Hall–Kier alpha value is -7.86. The van der Waals surface area contributed by atoms with Crippen LogP contribution in [0.2, 0.25) is 0 Å². The van der Waals surface area contributed by atoms with Crippen LogP contribution < -0.4 is 0 Å². The van der Waals surface area contributed by atoms with E-state index in [2.05, 4.69) is 0 Å². The predicted molar refractivity (Wildman–Crippen MR) is 211 cm³/mol. The van der Waals surface area contributed by atoms with Crippen molar-refractivity contribution in [2.75, 3.05) is 0 Å². The number of phenolic OH excluding ortho intramolecular Hbond substituents is 10. The number of fused-ring (bicyclic) bond motifs is 2.